The predicted octanol–water partition coefficient (Wildman–Crippen LogP) is 0.118. The van der Waals surface area contributed by atoms with Crippen molar-refractivity contribution in [1.82, 2.24) is 5.32 Å². The molecule has 0 saturated heterocycles. The maximum Gasteiger partial charge on any atom is 0.191 e. The minimum atomic E-state index is -0.749. The van der Waals surface area contributed by atoms with Crippen LogP contribution in [0.1, 0.15) is 22.8 Å². The van der Waals surface area contributed by atoms with Crippen LogP contribution in [0.3, 0.4) is 0 Å². The van der Waals surface area contributed by atoms with Crippen LogP contribution in [0.5, 0.6) is 11.5 Å². The highest BCUT2D eigenvalue weighted by Gasteiger charge is 2.29. The van der Waals surface area contributed by atoms with Crippen LogP contribution in [0.15, 0.2) is 12.1 Å². The van der Waals surface area contributed by atoms with Crippen molar-refractivity contribution in [2.45, 2.75) is 25.7 Å². The summed E-state index contributed by atoms with van der Waals surface area (Å²) >= 11 is 0. The highest BCUT2D eigenvalue weighted by molar-refractivity contribution is 6.02. The van der Waals surface area contributed by atoms with Crippen LogP contribution >= 0.6 is 0 Å². The van der Waals surface area contributed by atoms with E-state index in [2.05, 4.69) is 5.32 Å². The summed E-state index contributed by atoms with van der Waals surface area (Å²) in [6.45, 7) is 2.71. The average Bonchev–Trinajstić information content (AvgIpc) is 2.56. The molecule has 7 nitrogen and oxygen atoms in total. The van der Waals surface area contributed by atoms with Crippen LogP contribution in [-0.4, -0.2) is 61.6 Å². The Balaban J connectivity index is 2.12. The molecular formula is C16H23NO6. The summed E-state index contributed by atoms with van der Waals surface area (Å²) in [4.78, 5) is 12.2. The van der Waals surface area contributed by atoms with E-state index in [0.29, 0.717) is 35.7 Å². The lowest BCUT2D eigenvalue weighted by Gasteiger charge is -2.25. The van der Waals surface area contributed by atoms with Crippen molar-refractivity contribution >= 4 is 5.78 Å². The number of fused-ring (bicyclic) bond motifs is 1. The van der Waals surface area contributed by atoms with E-state index < -0.39 is 12.2 Å². The van der Waals surface area contributed by atoms with Crippen LogP contribution in [0.2, 0.25) is 0 Å². The number of ketones is 1. The molecule has 0 saturated carbocycles. The van der Waals surface area contributed by atoms with Gasteiger partial charge in [-0.15, -0.1) is 0 Å². The number of aliphatic hydroxyl groups is 2. The number of benzene rings is 1. The predicted molar refractivity (Wildman–Crippen MR) is 83.0 cm³/mol. The minimum Gasteiger partial charge on any atom is -0.493 e. The molecule has 2 atom stereocenters. The van der Waals surface area contributed by atoms with Gasteiger partial charge >= 0.3 is 0 Å². The summed E-state index contributed by atoms with van der Waals surface area (Å²) in [5.74, 6) is 0.820. The molecule has 3 N–H and O–H groups in total. The number of hydrogen-bond acceptors (Lipinski definition) is 7. The van der Waals surface area contributed by atoms with Crippen LogP contribution in [0.25, 0.3) is 0 Å². The number of aliphatic hydroxyl groups excluding tert-OH is 2. The van der Waals surface area contributed by atoms with Gasteiger partial charge in [0.2, 0.25) is 0 Å². The second-order valence-corrected chi connectivity index (χ2v) is 5.33. The largest absolute Gasteiger partial charge is 0.493 e. The standard InChI is InChI=1S/C16H23NO6/c1-10-15(20)12-3-4-14(21-2)16(13(12)9-22-10)23-8-11(19)7-17-5-6-18/h3-4,10-11,17-19H,5-9H2,1-2H3. The van der Waals surface area contributed by atoms with Gasteiger partial charge < -0.3 is 29.7 Å². The van der Waals surface area contributed by atoms with E-state index in [1.165, 1.54) is 7.11 Å². The van der Waals surface area contributed by atoms with Crippen LogP contribution < -0.4 is 14.8 Å². The molecule has 1 aromatic carbocycles. The number of Topliss-reactive ketones (excluding diaryl/α,β-unsaturated/α-hetero) is 1. The summed E-state index contributed by atoms with van der Waals surface area (Å²) < 4.78 is 16.4. The fraction of sp³-hybridized carbons (Fsp3) is 0.562. The summed E-state index contributed by atoms with van der Waals surface area (Å²) in [7, 11) is 1.52. The summed E-state index contributed by atoms with van der Waals surface area (Å²) in [6.07, 6.45) is -1.22. The molecule has 0 spiro atoms. The molecule has 7 heteroatoms. The van der Waals surface area contributed by atoms with Gasteiger partial charge in [-0.2, -0.15) is 0 Å². The normalized spacial score (nSPS) is 18.4. The number of carbonyl (C=O) groups excluding carboxylic acids is 1. The lowest BCUT2D eigenvalue weighted by Crippen LogP contribution is -2.33. The fourth-order valence-corrected chi connectivity index (χ4v) is 2.39. The van der Waals surface area contributed by atoms with E-state index in [9.17, 15) is 9.90 Å². The van der Waals surface area contributed by atoms with Crippen LogP contribution in [-0.2, 0) is 11.3 Å². The molecule has 0 fully saturated rings. The average molecular weight is 325 g/mol. The first-order valence-electron chi connectivity index (χ1n) is 7.56. The zero-order chi connectivity index (χ0) is 16.8. The van der Waals surface area contributed by atoms with Gasteiger partial charge in [0.05, 0.1) is 20.3 Å². The van der Waals surface area contributed by atoms with Crippen molar-refractivity contribution in [3.8, 4) is 11.5 Å². The first-order valence-corrected chi connectivity index (χ1v) is 7.56. The Morgan fingerprint density at radius 2 is 2.26 bits per heavy atom. The minimum absolute atomic E-state index is 0.00519. The zero-order valence-electron chi connectivity index (χ0n) is 13.4. The van der Waals surface area contributed by atoms with E-state index >= 15 is 0 Å². The number of carbonyl (C=O) groups is 1. The molecule has 23 heavy (non-hydrogen) atoms. The third-order valence-electron chi connectivity index (χ3n) is 3.65. The number of methoxy groups -OCH3 is 1. The Labute approximate surface area is 135 Å². The van der Waals surface area contributed by atoms with Gasteiger partial charge in [-0.05, 0) is 19.1 Å². The first-order chi connectivity index (χ1) is 11.1. The molecule has 128 valence electrons. The number of rotatable bonds is 8. The molecule has 0 aromatic heterocycles. The third-order valence-corrected chi connectivity index (χ3v) is 3.65. The molecule has 1 aromatic rings. The Hall–Kier alpha value is -1.67. The SMILES string of the molecule is COc1ccc2c(c1OCC(O)CNCCO)COC(C)C2=O. The van der Waals surface area contributed by atoms with Crippen LogP contribution in [0.4, 0.5) is 0 Å². The van der Waals surface area contributed by atoms with Crippen molar-refractivity contribution in [3.05, 3.63) is 23.3 Å². The molecule has 2 rings (SSSR count). The Bertz CT molecular complexity index is 548. The van der Waals surface area contributed by atoms with E-state index in [1.54, 1.807) is 19.1 Å². The van der Waals surface area contributed by atoms with E-state index in [-0.39, 0.29) is 25.6 Å². The Kier molecular flexibility index (Phi) is 6.35. The summed E-state index contributed by atoms with van der Waals surface area (Å²) in [5, 5.41) is 21.5. The van der Waals surface area contributed by atoms with Crippen molar-refractivity contribution < 1.29 is 29.2 Å². The van der Waals surface area contributed by atoms with Crippen molar-refractivity contribution in [2.75, 3.05) is 33.4 Å². The van der Waals surface area contributed by atoms with Gasteiger partial charge in [0.25, 0.3) is 0 Å². The molecule has 0 bridgehead atoms. The van der Waals surface area contributed by atoms with Gasteiger partial charge in [0.1, 0.15) is 18.8 Å². The number of ether oxygens (including phenoxy) is 3. The van der Waals surface area contributed by atoms with E-state index in [0.717, 1.165) is 0 Å². The maximum absolute atomic E-state index is 12.2. The van der Waals surface area contributed by atoms with Gasteiger partial charge in [-0.3, -0.25) is 4.79 Å². The lowest BCUT2D eigenvalue weighted by atomic mass is 9.97. The van der Waals surface area contributed by atoms with E-state index in [4.69, 9.17) is 19.3 Å². The van der Waals surface area contributed by atoms with Crippen molar-refractivity contribution in [2.24, 2.45) is 0 Å². The second-order valence-electron chi connectivity index (χ2n) is 5.33. The Morgan fingerprint density at radius 1 is 1.48 bits per heavy atom. The molecule has 1 heterocycles. The van der Waals surface area contributed by atoms with Gasteiger partial charge in [-0.1, -0.05) is 0 Å². The highest BCUT2D eigenvalue weighted by atomic mass is 16.5. The Morgan fingerprint density at radius 3 is 2.96 bits per heavy atom. The van der Waals surface area contributed by atoms with Crippen molar-refractivity contribution in [1.29, 1.82) is 0 Å². The van der Waals surface area contributed by atoms with Gasteiger partial charge in [0.15, 0.2) is 17.3 Å². The van der Waals surface area contributed by atoms with E-state index in [1.807, 2.05) is 0 Å². The van der Waals surface area contributed by atoms with Crippen molar-refractivity contribution in [3.63, 3.8) is 0 Å². The molecule has 2 unspecified atom stereocenters. The first kappa shape index (κ1) is 17.7. The smallest absolute Gasteiger partial charge is 0.191 e. The second kappa shape index (κ2) is 8.26. The topological polar surface area (TPSA) is 97.2 Å². The quantitative estimate of drug-likeness (QED) is 0.584. The zero-order valence-corrected chi connectivity index (χ0v) is 13.4. The summed E-state index contributed by atoms with van der Waals surface area (Å²) in [5.41, 5.74) is 1.20. The van der Waals surface area contributed by atoms with Crippen LogP contribution in [0, 0.1) is 0 Å². The number of hydrogen-bond donors (Lipinski definition) is 3. The fourth-order valence-electron chi connectivity index (χ4n) is 2.39. The number of nitrogens with one attached hydrogen (secondary N) is 1. The monoisotopic (exact) mass is 325 g/mol. The summed E-state index contributed by atoms with van der Waals surface area (Å²) in [6, 6.07) is 3.39. The molecule has 1 aliphatic rings. The highest BCUT2D eigenvalue weighted by Crippen LogP contribution is 2.37. The lowest BCUT2D eigenvalue weighted by molar-refractivity contribution is 0.0316. The third kappa shape index (κ3) is 4.20. The van der Waals surface area contributed by atoms with Gasteiger partial charge in [0, 0.05) is 24.2 Å². The molecular weight excluding hydrogens is 302 g/mol. The molecule has 1 aliphatic heterocycles. The molecule has 0 amide bonds. The molecule has 0 aliphatic carbocycles. The van der Waals surface area contributed by atoms with Gasteiger partial charge in [-0.25, -0.2) is 0 Å². The maximum atomic E-state index is 12.2. The molecule has 0 radical (unpaired) electrons.